The summed E-state index contributed by atoms with van der Waals surface area (Å²) in [5.41, 5.74) is -0.384. The molecule has 1 aromatic carbocycles. The summed E-state index contributed by atoms with van der Waals surface area (Å²) >= 11 is 0. The van der Waals surface area contributed by atoms with Crippen molar-refractivity contribution >= 4 is 5.91 Å². The van der Waals surface area contributed by atoms with Crippen LogP contribution in [0, 0.1) is 11.2 Å². The van der Waals surface area contributed by atoms with E-state index in [-0.39, 0.29) is 42.0 Å². The number of fused-ring (bicyclic) bond motifs is 1. The monoisotopic (exact) mass is 442 g/mol. The summed E-state index contributed by atoms with van der Waals surface area (Å²) in [5.74, 6) is -2.54. The van der Waals surface area contributed by atoms with Crippen molar-refractivity contribution in [2.75, 3.05) is 19.7 Å². The van der Waals surface area contributed by atoms with E-state index in [4.69, 9.17) is 4.74 Å². The van der Waals surface area contributed by atoms with Crippen LogP contribution in [0.15, 0.2) is 16.7 Å². The Labute approximate surface area is 175 Å². The SMILES string of the molecule is C[C@@H]1COc2cc(-c3noc(C(F)(F)F)n3)cc(F)c2CN1C(=O)C1(C)CCNCC1. The van der Waals surface area contributed by atoms with Gasteiger partial charge in [-0.1, -0.05) is 12.1 Å². The molecule has 0 saturated carbocycles. The van der Waals surface area contributed by atoms with Crippen molar-refractivity contribution in [3.05, 3.63) is 29.4 Å². The van der Waals surface area contributed by atoms with Crippen LogP contribution in [0.2, 0.25) is 0 Å². The summed E-state index contributed by atoms with van der Waals surface area (Å²) in [5, 5.41) is 6.53. The molecular weight excluding hydrogens is 420 g/mol. The number of rotatable bonds is 2. The molecular formula is C20H22F4N4O3. The van der Waals surface area contributed by atoms with Gasteiger partial charge in [0, 0.05) is 16.5 Å². The second-order valence-electron chi connectivity index (χ2n) is 8.26. The lowest BCUT2D eigenvalue weighted by molar-refractivity contribution is -0.159. The van der Waals surface area contributed by atoms with Crippen LogP contribution in [0.1, 0.15) is 38.1 Å². The van der Waals surface area contributed by atoms with E-state index >= 15 is 4.39 Å². The summed E-state index contributed by atoms with van der Waals surface area (Å²) in [6.45, 7) is 5.34. The Hall–Kier alpha value is -2.69. The Balaban J connectivity index is 1.64. The molecule has 0 unspecified atom stereocenters. The van der Waals surface area contributed by atoms with E-state index in [2.05, 4.69) is 20.0 Å². The number of halogens is 4. The molecule has 2 aromatic rings. The number of nitrogens with one attached hydrogen (secondary N) is 1. The van der Waals surface area contributed by atoms with E-state index in [1.54, 1.807) is 4.90 Å². The van der Waals surface area contributed by atoms with Crippen LogP contribution in [0.5, 0.6) is 5.75 Å². The second kappa shape index (κ2) is 7.77. The van der Waals surface area contributed by atoms with Gasteiger partial charge < -0.3 is 19.5 Å². The molecule has 1 amide bonds. The van der Waals surface area contributed by atoms with Gasteiger partial charge in [-0.25, -0.2) is 4.39 Å². The smallest absolute Gasteiger partial charge is 0.471 e. The fourth-order valence-electron chi connectivity index (χ4n) is 3.92. The first kappa shape index (κ1) is 21.5. The number of nitrogens with zero attached hydrogens (tertiary/aromatic N) is 3. The number of hydrogen-bond donors (Lipinski definition) is 1. The van der Waals surface area contributed by atoms with Gasteiger partial charge in [-0.05, 0) is 45.0 Å². The molecule has 0 aliphatic carbocycles. The number of hydrogen-bond acceptors (Lipinski definition) is 6. The molecule has 3 heterocycles. The zero-order chi connectivity index (χ0) is 22.4. The van der Waals surface area contributed by atoms with Crippen LogP contribution in [-0.4, -0.2) is 46.7 Å². The molecule has 0 bridgehead atoms. The van der Waals surface area contributed by atoms with E-state index < -0.39 is 29.1 Å². The van der Waals surface area contributed by atoms with Gasteiger partial charge in [-0.2, -0.15) is 18.2 Å². The first-order valence-corrected chi connectivity index (χ1v) is 9.97. The molecule has 1 N–H and O–H groups in total. The molecule has 4 rings (SSSR count). The summed E-state index contributed by atoms with van der Waals surface area (Å²) in [6, 6.07) is 2.09. The highest BCUT2D eigenvalue weighted by Crippen LogP contribution is 2.37. The summed E-state index contributed by atoms with van der Waals surface area (Å²) in [6.07, 6.45) is -3.43. The van der Waals surface area contributed by atoms with Gasteiger partial charge in [-0.3, -0.25) is 4.79 Å². The van der Waals surface area contributed by atoms with Gasteiger partial charge in [-0.15, -0.1) is 0 Å². The highest BCUT2D eigenvalue weighted by Gasteiger charge is 2.41. The maximum atomic E-state index is 15.0. The van der Waals surface area contributed by atoms with Crippen molar-refractivity contribution in [2.45, 2.75) is 45.5 Å². The van der Waals surface area contributed by atoms with E-state index in [9.17, 15) is 18.0 Å². The van der Waals surface area contributed by atoms with Crippen molar-refractivity contribution < 1.29 is 31.6 Å². The number of amides is 1. The van der Waals surface area contributed by atoms with Crippen molar-refractivity contribution in [3.63, 3.8) is 0 Å². The molecule has 31 heavy (non-hydrogen) atoms. The second-order valence-corrected chi connectivity index (χ2v) is 8.26. The van der Waals surface area contributed by atoms with Crippen LogP contribution >= 0.6 is 0 Å². The number of benzene rings is 1. The first-order chi connectivity index (χ1) is 14.6. The van der Waals surface area contributed by atoms with Crippen molar-refractivity contribution in [1.82, 2.24) is 20.4 Å². The Bertz CT molecular complexity index is 985. The summed E-state index contributed by atoms with van der Waals surface area (Å²) < 4.78 is 63.2. The number of aromatic nitrogens is 2. The van der Waals surface area contributed by atoms with E-state index in [1.807, 2.05) is 13.8 Å². The summed E-state index contributed by atoms with van der Waals surface area (Å²) in [7, 11) is 0. The van der Waals surface area contributed by atoms with Crippen LogP contribution in [-0.2, 0) is 17.5 Å². The van der Waals surface area contributed by atoms with Crippen molar-refractivity contribution in [3.8, 4) is 17.1 Å². The van der Waals surface area contributed by atoms with Gasteiger partial charge in [0.1, 0.15) is 18.2 Å². The van der Waals surface area contributed by atoms with Crippen molar-refractivity contribution in [1.29, 1.82) is 0 Å². The number of carbonyl (C=O) groups excluding carboxylic acids is 1. The maximum Gasteiger partial charge on any atom is 0.471 e. The minimum absolute atomic E-state index is 0.00447. The average molecular weight is 442 g/mol. The lowest BCUT2D eigenvalue weighted by Gasteiger charge is -2.39. The van der Waals surface area contributed by atoms with Crippen LogP contribution in [0.25, 0.3) is 11.4 Å². The molecule has 1 saturated heterocycles. The largest absolute Gasteiger partial charge is 0.491 e. The molecule has 168 valence electrons. The standard InChI is InChI=1S/C20H22F4N4O3/c1-11-10-30-15-8-12(16-26-17(31-27-16)20(22,23)24)7-14(21)13(15)9-28(11)18(29)19(2)3-5-25-6-4-19/h7-8,11,25H,3-6,9-10H2,1-2H3/t11-/m1/s1. The van der Waals surface area contributed by atoms with Crippen LogP contribution in [0.4, 0.5) is 17.6 Å². The van der Waals surface area contributed by atoms with Crippen LogP contribution in [0.3, 0.4) is 0 Å². The van der Waals surface area contributed by atoms with Crippen LogP contribution < -0.4 is 10.1 Å². The normalized spacial score (nSPS) is 21.2. The third-order valence-corrected chi connectivity index (χ3v) is 5.91. The predicted molar refractivity (Wildman–Crippen MR) is 100 cm³/mol. The first-order valence-electron chi connectivity index (χ1n) is 9.97. The number of carbonyl (C=O) groups is 1. The average Bonchev–Trinajstić information content (AvgIpc) is 3.16. The Morgan fingerprint density at radius 1 is 1.29 bits per heavy atom. The van der Waals surface area contributed by atoms with Gasteiger partial charge in [0.15, 0.2) is 0 Å². The van der Waals surface area contributed by atoms with E-state index in [1.165, 1.54) is 6.07 Å². The highest BCUT2D eigenvalue weighted by molar-refractivity contribution is 5.83. The minimum atomic E-state index is -4.80. The molecule has 2 aliphatic rings. The lowest BCUT2D eigenvalue weighted by atomic mass is 9.79. The van der Waals surface area contributed by atoms with Crippen molar-refractivity contribution in [2.24, 2.45) is 5.41 Å². The third kappa shape index (κ3) is 4.10. The molecule has 7 nitrogen and oxygen atoms in total. The minimum Gasteiger partial charge on any atom is -0.491 e. The Kier molecular flexibility index (Phi) is 5.40. The molecule has 0 radical (unpaired) electrons. The highest BCUT2D eigenvalue weighted by atomic mass is 19.4. The lowest BCUT2D eigenvalue weighted by Crippen LogP contribution is -2.50. The quantitative estimate of drug-likeness (QED) is 0.719. The Morgan fingerprint density at radius 2 is 2.00 bits per heavy atom. The summed E-state index contributed by atoms with van der Waals surface area (Å²) in [4.78, 5) is 18.2. The molecule has 1 aromatic heterocycles. The fourth-order valence-corrected chi connectivity index (χ4v) is 3.92. The van der Waals surface area contributed by atoms with E-state index in [0.717, 1.165) is 19.2 Å². The molecule has 0 spiro atoms. The fraction of sp³-hybridized carbons (Fsp3) is 0.550. The molecule has 11 heteroatoms. The van der Waals surface area contributed by atoms with Gasteiger partial charge >= 0.3 is 12.1 Å². The zero-order valence-corrected chi connectivity index (χ0v) is 17.1. The van der Waals surface area contributed by atoms with Gasteiger partial charge in [0.25, 0.3) is 0 Å². The van der Waals surface area contributed by atoms with Gasteiger partial charge in [0.2, 0.25) is 11.7 Å². The van der Waals surface area contributed by atoms with Gasteiger partial charge in [0.05, 0.1) is 12.6 Å². The number of piperidine rings is 1. The molecule has 1 fully saturated rings. The predicted octanol–water partition coefficient (Wildman–Crippen LogP) is 3.39. The molecule has 1 atom stereocenters. The number of alkyl halides is 3. The van der Waals surface area contributed by atoms with E-state index in [0.29, 0.717) is 12.8 Å². The zero-order valence-electron chi connectivity index (χ0n) is 17.1. The third-order valence-electron chi connectivity index (χ3n) is 5.91. The topological polar surface area (TPSA) is 80.5 Å². The number of ether oxygens (including phenoxy) is 1. The maximum absolute atomic E-state index is 15.0. The Morgan fingerprint density at radius 3 is 2.65 bits per heavy atom. The molecule has 2 aliphatic heterocycles.